The minimum absolute atomic E-state index is 0.103. The highest BCUT2D eigenvalue weighted by atomic mass is 16.5. The summed E-state index contributed by atoms with van der Waals surface area (Å²) in [5.41, 5.74) is 1.59. The molecule has 1 atom stereocenters. The molecule has 2 aliphatic rings. The summed E-state index contributed by atoms with van der Waals surface area (Å²) in [6.45, 7) is 2.79. The summed E-state index contributed by atoms with van der Waals surface area (Å²) in [7, 11) is 1.59. The van der Waals surface area contributed by atoms with Crippen molar-refractivity contribution in [1.82, 2.24) is 14.8 Å². The number of hydrogen-bond acceptors (Lipinski definition) is 4. The molecule has 0 unspecified atom stereocenters. The minimum atomic E-state index is -0.255. The molecule has 0 bridgehead atoms. The summed E-state index contributed by atoms with van der Waals surface area (Å²) in [4.78, 5) is 31.6. The summed E-state index contributed by atoms with van der Waals surface area (Å²) in [5, 5.41) is 0. The summed E-state index contributed by atoms with van der Waals surface area (Å²) in [6, 6.07) is 1.33. The number of aryl methyl sites for hydroxylation is 1. The Kier molecular flexibility index (Phi) is 3.08. The van der Waals surface area contributed by atoms with E-state index in [1.807, 2.05) is 6.92 Å². The molecular weight excluding hydrogens is 258 g/mol. The van der Waals surface area contributed by atoms with Gasteiger partial charge in [0.15, 0.2) is 0 Å². The first-order valence-electron chi connectivity index (χ1n) is 6.73. The van der Waals surface area contributed by atoms with Gasteiger partial charge >= 0.3 is 6.03 Å². The number of carbonyl (C=O) groups excluding carboxylic acids is 2. The van der Waals surface area contributed by atoms with Crippen LogP contribution in [0.2, 0.25) is 0 Å². The standard InChI is InChI=1S/C14H17N3O3/c1-9-7-15-10(6-12(9)20-2)8-17-13(18)11-4-3-5-16(11)14(17)19/h6-7,11H,3-5,8H2,1-2H3/t11-/m0/s1. The maximum atomic E-state index is 12.2. The SMILES string of the molecule is COc1cc(CN2C(=O)[C@@H]3CCCN3C2=O)ncc1C. The zero-order chi connectivity index (χ0) is 14.3. The molecule has 0 radical (unpaired) electrons. The Bertz CT molecular complexity index is 551. The third-order valence-electron chi connectivity index (χ3n) is 3.93. The molecule has 2 aliphatic heterocycles. The van der Waals surface area contributed by atoms with Crippen molar-refractivity contribution in [3.63, 3.8) is 0 Å². The van der Waals surface area contributed by atoms with Crippen molar-refractivity contribution in [2.24, 2.45) is 0 Å². The van der Waals surface area contributed by atoms with Gasteiger partial charge in [-0.05, 0) is 19.8 Å². The fraction of sp³-hybridized carbons (Fsp3) is 0.500. The first-order valence-corrected chi connectivity index (χ1v) is 6.73. The summed E-state index contributed by atoms with van der Waals surface area (Å²) >= 11 is 0. The van der Waals surface area contributed by atoms with E-state index in [1.54, 1.807) is 24.3 Å². The summed E-state index contributed by atoms with van der Waals surface area (Å²) in [6.07, 6.45) is 3.37. The molecule has 0 N–H and O–H groups in total. The van der Waals surface area contributed by atoms with Crippen LogP contribution in [0, 0.1) is 6.92 Å². The Morgan fingerprint density at radius 3 is 2.95 bits per heavy atom. The van der Waals surface area contributed by atoms with Crippen LogP contribution in [0.5, 0.6) is 5.75 Å². The molecule has 3 rings (SSSR count). The number of methoxy groups -OCH3 is 1. The van der Waals surface area contributed by atoms with Crippen molar-refractivity contribution in [3.8, 4) is 5.75 Å². The molecule has 3 amide bonds. The van der Waals surface area contributed by atoms with Crippen molar-refractivity contribution >= 4 is 11.9 Å². The van der Waals surface area contributed by atoms with Gasteiger partial charge in [-0.3, -0.25) is 14.7 Å². The number of rotatable bonds is 3. The minimum Gasteiger partial charge on any atom is -0.496 e. The highest BCUT2D eigenvalue weighted by molar-refractivity contribution is 6.04. The second kappa shape index (κ2) is 4.77. The summed E-state index contributed by atoms with van der Waals surface area (Å²) in [5.74, 6) is 0.614. The van der Waals surface area contributed by atoms with Gasteiger partial charge in [-0.25, -0.2) is 4.79 Å². The van der Waals surface area contributed by atoms with Crippen LogP contribution in [0.3, 0.4) is 0 Å². The van der Waals surface area contributed by atoms with Crippen LogP contribution in [0.15, 0.2) is 12.3 Å². The summed E-state index contributed by atoms with van der Waals surface area (Å²) < 4.78 is 5.24. The number of aromatic nitrogens is 1. The van der Waals surface area contributed by atoms with Crippen molar-refractivity contribution < 1.29 is 14.3 Å². The van der Waals surface area contributed by atoms with Crippen molar-refractivity contribution in [3.05, 3.63) is 23.5 Å². The third-order valence-corrected chi connectivity index (χ3v) is 3.93. The smallest absolute Gasteiger partial charge is 0.327 e. The number of nitrogens with zero attached hydrogens (tertiary/aromatic N) is 3. The third kappa shape index (κ3) is 1.92. The van der Waals surface area contributed by atoms with E-state index >= 15 is 0 Å². The van der Waals surface area contributed by atoms with Gasteiger partial charge in [0.2, 0.25) is 0 Å². The van der Waals surface area contributed by atoms with Crippen LogP contribution < -0.4 is 4.74 Å². The Balaban J connectivity index is 1.81. The van der Waals surface area contributed by atoms with Crippen molar-refractivity contribution in [2.45, 2.75) is 32.4 Å². The molecule has 0 saturated carbocycles. The molecule has 6 nitrogen and oxygen atoms in total. The second-order valence-electron chi connectivity index (χ2n) is 5.20. The number of pyridine rings is 1. The Labute approximate surface area is 117 Å². The predicted octanol–water partition coefficient (Wildman–Crippen LogP) is 1.33. The van der Waals surface area contributed by atoms with Crippen LogP contribution in [-0.4, -0.2) is 46.4 Å². The van der Waals surface area contributed by atoms with Gasteiger partial charge in [-0.1, -0.05) is 0 Å². The van der Waals surface area contributed by atoms with Gasteiger partial charge in [0.1, 0.15) is 11.8 Å². The highest BCUT2D eigenvalue weighted by Gasteiger charge is 2.47. The molecule has 1 aromatic heterocycles. The molecule has 0 spiro atoms. The quantitative estimate of drug-likeness (QED) is 0.781. The van der Waals surface area contributed by atoms with E-state index < -0.39 is 0 Å². The van der Waals surface area contributed by atoms with Gasteiger partial charge in [-0.2, -0.15) is 0 Å². The molecule has 2 saturated heterocycles. The molecule has 1 aromatic rings. The number of urea groups is 1. The van der Waals surface area contributed by atoms with Crippen LogP contribution in [0.1, 0.15) is 24.1 Å². The Hall–Kier alpha value is -2.11. The van der Waals surface area contributed by atoms with E-state index in [9.17, 15) is 9.59 Å². The fourth-order valence-electron chi connectivity index (χ4n) is 2.84. The Morgan fingerprint density at radius 1 is 1.45 bits per heavy atom. The second-order valence-corrected chi connectivity index (χ2v) is 5.20. The average molecular weight is 275 g/mol. The van der Waals surface area contributed by atoms with E-state index in [-0.39, 0.29) is 24.5 Å². The number of ether oxygens (including phenoxy) is 1. The first kappa shape index (κ1) is 12.9. The molecule has 106 valence electrons. The molecule has 0 aromatic carbocycles. The average Bonchev–Trinajstić information content (AvgIpc) is 3.01. The van der Waals surface area contributed by atoms with Crippen molar-refractivity contribution in [1.29, 1.82) is 0 Å². The number of carbonyl (C=O) groups is 2. The first-order chi connectivity index (χ1) is 9.61. The van der Waals surface area contributed by atoms with Crippen LogP contribution in [0.25, 0.3) is 0 Å². The number of fused-ring (bicyclic) bond motifs is 1. The lowest BCUT2D eigenvalue weighted by molar-refractivity contribution is -0.128. The monoisotopic (exact) mass is 275 g/mol. The van der Waals surface area contributed by atoms with E-state index in [2.05, 4.69) is 4.98 Å². The molecule has 3 heterocycles. The lowest BCUT2D eigenvalue weighted by Gasteiger charge is -2.15. The van der Waals surface area contributed by atoms with Gasteiger partial charge in [-0.15, -0.1) is 0 Å². The molecular formula is C14H17N3O3. The van der Waals surface area contributed by atoms with E-state index in [4.69, 9.17) is 4.74 Å². The van der Waals surface area contributed by atoms with Gasteiger partial charge in [0.05, 0.1) is 19.3 Å². The van der Waals surface area contributed by atoms with Crippen LogP contribution in [-0.2, 0) is 11.3 Å². The maximum Gasteiger partial charge on any atom is 0.327 e. The zero-order valence-corrected chi connectivity index (χ0v) is 11.6. The largest absolute Gasteiger partial charge is 0.496 e. The lowest BCUT2D eigenvalue weighted by Crippen LogP contribution is -2.32. The molecule has 20 heavy (non-hydrogen) atoms. The van der Waals surface area contributed by atoms with Gasteiger partial charge < -0.3 is 9.64 Å². The molecule has 2 fully saturated rings. The van der Waals surface area contributed by atoms with E-state index in [0.717, 1.165) is 24.2 Å². The van der Waals surface area contributed by atoms with Gasteiger partial charge in [0.25, 0.3) is 5.91 Å². The van der Waals surface area contributed by atoms with Crippen LogP contribution >= 0.6 is 0 Å². The van der Waals surface area contributed by atoms with Crippen LogP contribution in [0.4, 0.5) is 4.79 Å². The number of amides is 3. The predicted molar refractivity (Wildman–Crippen MR) is 71.2 cm³/mol. The molecule has 0 aliphatic carbocycles. The zero-order valence-electron chi connectivity index (χ0n) is 11.6. The Morgan fingerprint density at radius 2 is 2.25 bits per heavy atom. The van der Waals surface area contributed by atoms with Crippen molar-refractivity contribution in [2.75, 3.05) is 13.7 Å². The van der Waals surface area contributed by atoms with E-state index in [0.29, 0.717) is 12.2 Å². The molecule has 6 heteroatoms. The van der Waals surface area contributed by atoms with E-state index in [1.165, 1.54) is 4.90 Å². The number of imide groups is 1. The highest BCUT2D eigenvalue weighted by Crippen LogP contribution is 2.28. The number of hydrogen-bond donors (Lipinski definition) is 0. The fourth-order valence-corrected chi connectivity index (χ4v) is 2.84. The normalized spacial score (nSPS) is 21.6. The lowest BCUT2D eigenvalue weighted by atomic mass is 10.2. The maximum absolute atomic E-state index is 12.2. The van der Waals surface area contributed by atoms with Gasteiger partial charge in [0, 0.05) is 24.4 Å². The topological polar surface area (TPSA) is 62.7 Å².